The molecule has 1 heterocycles. The predicted octanol–water partition coefficient (Wildman–Crippen LogP) is 3.14. The number of aromatic nitrogens is 1. The van der Waals surface area contributed by atoms with Crippen LogP contribution in [-0.2, 0) is 0 Å². The third-order valence-corrected chi connectivity index (χ3v) is 3.05. The summed E-state index contributed by atoms with van der Waals surface area (Å²) in [7, 11) is 0. The number of amides is 1. The van der Waals surface area contributed by atoms with Gasteiger partial charge in [-0.3, -0.25) is 14.9 Å². The second-order valence-electron chi connectivity index (χ2n) is 3.72. The lowest BCUT2D eigenvalue weighted by atomic mass is 10.2. The third-order valence-electron chi connectivity index (χ3n) is 2.36. The van der Waals surface area contributed by atoms with E-state index in [2.05, 4.69) is 26.2 Å². The highest BCUT2D eigenvalue weighted by molar-refractivity contribution is 9.10. The molecule has 0 spiro atoms. The Bertz CT molecular complexity index is 693. The van der Waals surface area contributed by atoms with E-state index in [0.29, 0.717) is 4.47 Å². The van der Waals surface area contributed by atoms with Gasteiger partial charge in [0.05, 0.1) is 10.5 Å². The molecule has 0 aliphatic rings. The first-order chi connectivity index (χ1) is 9.47. The predicted molar refractivity (Wildman–Crippen MR) is 72.9 cm³/mol. The first-order valence-corrected chi connectivity index (χ1v) is 6.14. The van der Waals surface area contributed by atoms with Gasteiger partial charge in [-0.2, -0.15) is 4.39 Å². The second-order valence-corrected chi connectivity index (χ2v) is 4.58. The summed E-state index contributed by atoms with van der Waals surface area (Å²) in [6.07, 6.45) is 0. The fourth-order valence-electron chi connectivity index (χ4n) is 1.46. The standard InChI is InChI=1S/C12H7BrFN3O3/c13-9-5-4-7(17(19)20)6-8(9)12(18)16-11-3-1-2-10(14)15-11/h1-6H,(H,15,16,18). The SMILES string of the molecule is O=C(Nc1cccc(F)n1)c1cc([N+](=O)[O-])ccc1Br. The van der Waals surface area contributed by atoms with Crippen molar-refractivity contribution in [1.29, 1.82) is 0 Å². The number of anilines is 1. The summed E-state index contributed by atoms with van der Waals surface area (Å²) in [4.78, 5) is 25.6. The molecule has 2 rings (SSSR count). The molecule has 1 aromatic heterocycles. The number of benzene rings is 1. The van der Waals surface area contributed by atoms with Gasteiger partial charge in [0.2, 0.25) is 5.95 Å². The molecule has 8 heteroatoms. The van der Waals surface area contributed by atoms with E-state index >= 15 is 0 Å². The average Bonchev–Trinajstić information content (AvgIpc) is 2.38. The van der Waals surface area contributed by atoms with Gasteiger partial charge < -0.3 is 5.32 Å². The summed E-state index contributed by atoms with van der Waals surface area (Å²) in [6.45, 7) is 0. The normalized spacial score (nSPS) is 10.1. The Kier molecular flexibility index (Phi) is 4.04. The van der Waals surface area contributed by atoms with Crippen molar-refractivity contribution in [2.45, 2.75) is 0 Å². The molecular formula is C12H7BrFN3O3. The molecule has 0 radical (unpaired) electrons. The van der Waals surface area contributed by atoms with Gasteiger partial charge in [-0.1, -0.05) is 6.07 Å². The van der Waals surface area contributed by atoms with Gasteiger partial charge in [-0.15, -0.1) is 0 Å². The molecule has 6 nitrogen and oxygen atoms in total. The van der Waals surface area contributed by atoms with Crippen LogP contribution in [0.4, 0.5) is 15.9 Å². The van der Waals surface area contributed by atoms with E-state index < -0.39 is 16.8 Å². The van der Waals surface area contributed by atoms with Crippen LogP contribution in [0.5, 0.6) is 0 Å². The minimum Gasteiger partial charge on any atom is -0.306 e. The number of nitrogens with one attached hydrogen (secondary N) is 1. The number of non-ortho nitro benzene ring substituents is 1. The number of carbonyl (C=O) groups excluding carboxylic acids is 1. The summed E-state index contributed by atoms with van der Waals surface area (Å²) in [5.41, 5.74) is -0.157. The van der Waals surface area contributed by atoms with Gasteiger partial charge in [0.15, 0.2) is 0 Å². The molecule has 0 atom stereocenters. The Morgan fingerprint density at radius 1 is 1.35 bits per heavy atom. The summed E-state index contributed by atoms with van der Waals surface area (Å²) in [6, 6.07) is 7.72. The number of hydrogen-bond donors (Lipinski definition) is 1. The summed E-state index contributed by atoms with van der Waals surface area (Å²) >= 11 is 3.13. The Morgan fingerprint density at radius 3 is 2.75 bits per heavy atom. The van der Waals surface area contributed by atoms with Crippen LogP contribution in [0.25, 0.3) is 0 Å². The molecule has 0 bridgehead atoms. The van der Waals surface area contributed by atoms with Gasteiger partial charge in [0, 0.05) is 16.6 Å². The van der Waals surface area contributed by atoms with Crippen molar-refractivity contribution in [2.75, 3.05) is 5.32 Å². The molecule has 0 aliphatic carbocycles. The number of nitrogens with zero attached hydrogens (tertiary/aromatic N) is 2. The molecule has 1 N–H and O–H groups in total. The Labute approximate surface area is 120 Å². The van der Waals surface area contributed by atoms with Crippen molar-refractivity contribution in [2.24, 2.45) is 0 Å². The first kappa shape index (κ1) is 14.1. The maximum atomic E-state index is 12.9. The van der Waals surface area contributed by atoms with Crippen LogP contribution in [-0.4, -0.2) is 15.8 Å². The largest absolute Gasteiger partial charge is 0.306 e. The number of pyridine rings is 1. The Hall–Kier alpha value is -2.35. The molecular weight excluding hydrogens is 333 g/mol. The van der Waals surface area contributed by atoms with Crippen LogP contribution in [0.3, 0.4) is 0 Å². The third kappa shape index (κ3) is 3.15. The molecule has 20 heavy (non-hydrogen) atoms. The average molecular weight is 340 g/mol. The van der Waals surface area contributed by atoms with E-state index in [1.165, 1.54) is 24.3 Å². The van der Waals surface area contributed by atoms with E-state index in [-0.39, 0.29) is 17.1 Å². The lowest BCUT2D eigenvalue weighted by Crippen LogP contribution is -2.14. The second kappa shape index (κ2) is 5.74. The van der Waals surface area contributed by atoms with Crippen molar-refractivity contribution < 1.29 is 14.1 Å². The summed E-state index contributed by atoms with van der Waals surface area (Å²) < 4.78 is 13.3. The fraction of sp³-hybridized carbons (Fsp3) is 0. The van der Waals surface area contributed by atoms with E-state index in [9.17, 15) is 19.3 Å². The van der Waals surface area contributed by atoms with Crippen molar-refractivity contribution in [1.82, 2.24) is 4.98 Å². The number of carbonyl (C=O) groups is 1. The molecule has 0 unspecified atom stereocenters. The molecule has 0 saturated heterocycles. The van der Waals surface area contributed by atoms with Gasteiger partial charge in [-0.25, -0.2) is 4.98 Å². The van der Waals surface area contributed by atoms with Crippen LogP contribution < -0.4 is 5.32 Å². The smallest absolute Gasteiger partial charge is 0.270 e. The lowest BCUT2D eigenvalue weighted by molar-refractivity contribution is -0.384. The molecule has 2 aromatic rings. The van der Waals surface area contributed by atoms with Crippen molar-refractivity contribution >= 4 is 33.3 Å². The van der Waals surface area contributed by atoms with Gasteiger partial charge in [0.1, 0.15) is 5.82 Å². The maximum Gasteiger partial charge on any atom is 0.270 e. The highest BCUT2D eigenvalue weighted by Gasteiger charge is 2.16. The summed E-state index contributed by atoms with van der Waals surface area (Å²) in [5, 5.41) is 13.0. The fourth-order valence-corrected chi connectivity index (χ4v) is 1.89. The highest BCUT2D eigenvalue weighted by Crippen LogP contribution is 2.23. The van der Waals surface area contributed by atoms with Gasteiger partial charge >= 0.3 is 0 Å². The first-order valence-electron chi connectivity index (χ1n) is 5.35. The number of nitro groups is 1. The Balaban J connectivity index is 2.29. The minimum atomic E-state index is -0.735. The van der Waals surface area contributed by atoms with Crippen molar-refractivity contribution in [3.05, 3.63) is 62.5 Å². The van der Waals surface area contributed by atoms with Crippen LogP contribution in [0.15, 0.2) is 40.9 Å². The zero-order valence-electron chi connectivity index (χ0n) is 9.84. The van der Waals surface area contributed by atoms with Crippen LogP contribution in [0.2, 0.25) is 0 Å². The molecule has 1 aromatic carbocycles. The minimum absolute atomic E-state index is 0.0217. The number of halogens is 2. The zero-order valence-corrected chi connectivity index (χ0v) is 11.4. The summed E-state index contributed by atoms with van der Waals surface area (Å²) in [5.74, 6) is -1.34. The van der Waals surface area contributed by atoms with Crippen molar-refractivity contribution in [3.63, 3.8) is 0 Å². The molecule has 0 aliphatic heterocycles. The number of hydrogen-bond acceptors (Lipinski definition) is 4. The molecule has 0 fully saturated rings. The highest BCUT2D eigenvalue weighted by atomic mass is 79.9. The van der Waals surface area contributed by atoms with E-state index in [0.717, 1.165) is 12.1 Å². The molecule has 1 amide bonds. The number of rotatable bonds is 3. The van der Waals surface area contributed by atoms with Crippen LogP contribution in [0, 0.1) is 16.1 Å². The van der Waals surface area contributed by atoms with Gasteiger partial charge in [0.25, 0.3) is 11.6 Å². The van der Waals surface area contributed by atoms with Gasteiger partial charge in [-0.05, 0) is 34.1 Å². The van der Waals surface area contributed by atoms with E-state index in [4.69, 9.17) is 0 Å². The topological polar surface area (TPSA) is 85.1 Å². The van der Waals surface area contributed by atoms with Crippen LogP contribution >= 0.6 is 15.9 Å². The van der Waals surface area contributed by atoms with E-state index in [1.54, 1.807) is 0 Å². The van der Waals surface area contributed by atoms with E-state index in [1.807, 2.05) is 0 Å². The lowest BCUT2D eigenvalue weighted by Gasteiger charge is -2.06. The quantitative estimate of drug-likeness (QED) is 0.528. The maximum absolute atomic E-state index is 12.9. The van der Waals surface area contributed by atoms with Crippen molar-refractivity contribution in [3.8, 4) is 0 Å². The molecule has 0 saturated carbocycles. The Morgan fingerprint density at radius 2 is 2.10 bits per heavy atom. The molecule has 102 valence electrons. The zero-order chi connectivity index (χ0) is 14.7. The monoisotopic (exact) mass is 339 g/mol. The van der Waals surface area contributed by atoms with Crippen LogP contribution in [0.1, 0.15) is 10.4 Å². The number of nitro benzene ring substituents is 1.